The SMILES string of the molecule is CC.Cc1ccc2ncc(/C(=N/N)NN)n2c1. The van der Waals surface area contributed by atoms with Crippen LogP contribution >= 0.6 is 0 Å². The molecule has 0 saturated carbocycles. The number of fused-ring (bicyclic) bond motifs is 1. The third-order valence-electron chi connectivity index (χ3n) is 2.16. The lowest BCUT2D eigenvalue weighted by Crippen LogP contribution is -2.33. The summed E-state index contributed by atoms with van der Waals surface area (Å²) >= 11 is 0. The van der Waals surface area contributed by atoms with Gasteiger partial charge in [0.05, 0.1) is 6.20 Å². The van der Waals surface area contributed by atoms with Crippen LogP contribution in [0.1, 0.15) is 25.1 Å². The van der Waals surface area contributed by atoms with Gasteiger partial charge in [0.25, 0.3) is 0 Å². The number of hydrazine groups is 1. The molecule has 92 valence electrons. The van der Waals surface area contributed by atoms with Crippen molar-refractivity contribution in [1.29, 1.82) is 0 Å². The zero-order chi connectivity index (χ0) is 12.8. The van der Waals surface area contributed by atoms with E-state index in [0.29, 0.717) is 5.84 Å². The number of hydrogen-bond acceptors (Lipinski definition) is 4. The Morgan fingerprint density at radius 1 is 1.41 bits per heavy atom. The van der Waals surface area contributed by atoms with Gasteiger partial charge in [-0.1, -0.05) is 19.9 Å². The van der Waals surface area contributed by atoms with Gasteiger partial charge in [-0.15, -0.1) is 0 Å². The van der Waals surface area contributed by atoms with Gasteiger partial charge in [-0.2, -0.15) is 5.10 Å². The van der Waals surface area contributed by atoms with Crippen LogP contribution in [0.3, 0.4) is 0 Å². The predicted molar refractivity (Wildman–Crippen MR) is 69.3 cm³/mol. The molecule has 0 aliphatic rings. The third kappa shape index (κ3) is 2.54. The number of nitrogens with one attached hydrogen (secondary N) is 1. The Labute approximate surface area is 100 Å². The van der Waals surface area contributed by atoms with Gasteiger partial charge in [0, 0.05) is 6.20 Å². The summed E-state index contributed by atoms with van der Waals surface area (Å²) in [6.07, 6.45) is 3.61. The van der Waals surface area contributed by atoms with Crippen molar-refractivity contribution in [3.05, 3.63) is 35.8 Å². The van der Waals surface area contributed by atoms with E-state index in [2.05, 4.69) is 15.5 Å². The Morgan fingerprint density at radius 2 is 2.12 bits per heavy atom. The lowest BCUT2D eigenvalue weighted by molar-refractivity contribution is 0.983. The summed E-state index contributed by atoms with van der Waals surface area (Å²) in [4.78, 5) is 4.21. The fourth-order valence-electron chi connectivity index (χ4n) is 1.44. The van der Waals surface area contributed by atoms with E-state index in [1.807, 2.05) is 43.5 Å². The van der Waals surface area contributed by atoms with Crippen LogP contribution < -0.4 is 17.1 Å². The first-order valence-corrected chi connectivity index (χ1v) is 5.45. The molecule has 2 rings (SSSR count). The summed E-state index contributed by atoms with van der Waals surface area (Å²) in [5.74, 6) is 10.9. The van der Waals surface area contributed by atoms with Crippen molar-refractivity contribution in [2.75, 3.05) is 0 Å². The van der Waals surface area contributed by atoms with Gasteiger partial charge >= 0.3 is 0 Å². The topological polar surface area (TPSA) is 93.7 Å². The first-order valence-electron chi connectivity index (χ1n) is 5.45. The van der Waals surface area contributed by atoms with E-state index in [0.717, 1.165) is 16.9 Å². The Kier molecular flexibility index (Phi) is 4.47. The van der Waals surface area contributed by atoms with Gasteiger partial charge in [0.15, 0.2) is 5.84 Å². The number of pyridine rings is 1. The average Bonchev–Trinajstić information content (AvgIpc) is 2.77. The largest absolute Gasteiger partial charge is 0.321 e. The smallest absolute Gasteiger partial charge is 0.185 e. The fourth-order valence-corrected chi connectivity index (χ4v) is 1.44. The summed E-state index contributed by atoms with van der Waals surface area (Å²) in [7, 11) is 0. The van der Waals surface area contributed by atoms with E-state index in [4.69, 9.17) is 11.7 Å². The number of rotatable bonds is 1. The highest BCUT2D eigenvalue weighted by molar-refractivity contribution is 5.97. The molecule has 0 aliphatic carbocycles. The molecule has 6 nitrogen and oxygen atoms in total. The molecule has 0 amide bonds. The van der Waals surface area contributed by atoms with Gasteiger partial charge in [-0.05, 0) is 18.6 Å². The molecular formula is C11H18N6. The zero-order valence-corrected chi connectivity index (χ0v) is 10.3. The molecule has 0 spiro atoms. The maximum atomic E-state index is 5.30. The predicted octanol–water partition coefficient (Wildman–Crippen LogP) is 0.753. The highest BCUT2D eigenvalue weighted by Crippen LogP contribution is 2.08. The summed E-state index contributed by atoms with van der Waals surface area (Å²) in [6.45, 7) is 6.00. The zero-order valence-electron chi connectivity index (χ0n) is 10.3. The molecule has 0 fully saturated rings. The number of imidazole rings is 1. The molecule has 6 heteroatoms. The third-order valence-corrected chi connectivity index (χ3v) is 2.16. The van der Waals surface area contributed by atoms with Crippen LogP contribution in [-0.2, 0) is 0 Å². The quantitative estimate of drug-likeness (QED) is 0.294. The summed E-state index contributed by atoms with van der Waals surface area (Å²) in [5.41, 5.74) is 5.11. The molecule has 0 unspecified atom stereocenters. The number of hydrogen-bond donors (Lipinski definition) is 3. The minimum Gasteiger partial charge on any atom is -0.321 e. The van der Waals surface area contributed by atoms with E-state index in [9.17, 15) is 0 Å². The van der Waals surface area contributed by atoms with Gasteiger partial charge in [-0.3, -0.25) is 4.40 Å². The Balaban J connectivity index is 0.000000686. The maximum Gasteiger partial charge on any atom is 0.185 e. The molecule has 0 atom stereocenters. The standard InChI is InChI=1S/C9H12N6.C2H6/c1-6-2-3-8-12-4-7(15(8)5-6)9(13-10)14-11;1-2/h2-5H,10-11H2,1H3,(H,13,14);1-2H3. The highest BCUT2D eigenvalue weighted by Gasteiger charge is 2.08. The first-order chi connectivity index (χ1) is 8.26. The van der Waals surface area contributed by atoms with Gasteiger partial charge < -0.3 is 11.3 Å². The Morgan fingerprint density at radius 3 is 2.71 bits per heavy atom. The van der Waals surface area contributed by atoms with Gasteiger partial charge in [0.2, 0.25) is 0 Å². The lowest BCUT2D eigenvalue weighted by Gasteiger charge is -2.04. The second-order valence-corrected chi connectivity index (χ2v) is 3.20. The number of amidine groups is 1. The van der Waals surface area contributed by atoms with Crippen LogP contribution in [0.15, 0.2) is 29.6 Å². The van der Waals surface area contributed by atoms with E-state index in [1.165, 1.54) is 0 Å². The molecule has 0 aromatic carbocycles. The van der Waals surface area contributed by atoms with Crippen LogP contribution in [-0.4, -0.2) is 15.2 Å². The molecule has 0 radical (unpaired) electrons. The van der Waals surface area contributed by atoms with Crippen molar-refractivity contribution < 1.29 is 0 Å². The van der Waals surface area contributed by atoms with Crippen molar-refractivity contribution in [3.8, 4) is 0 Å². The second kappa shape index (κ2) is 5.86. The van der Waals surface area contributed by atoms with Gasteiger partial charge in [-0.25, -0.2) is 10.8 Å². The molecule has 0 aliphatic heterocycles. The minimum atomic E-state index is 0.396. The number of hydrazone groups is 1. The maximum absolute atomic E-state index is 5.30. The monoisotopic (exact) mass is 234 g/mol. The number of aromatic nitrogens is 2. The minimum absolute atomic E-state index is 0.396. The number of aryl methyl sites for hydroxylation is 1. The number of nitrogens with two attached hydrogens (primary N) is 2. The van der Waals surface area contributed by atoms with Crippen LogP contribution in [0.2, 0.25) is 0 Å². The van der Waals surface area contributed by atoms with Crippen LogP contribution in [0, 0.1) is 6.92 Å². The normalized spacial score (nSPS) is 10.9. The molecule has 0 saturated heterocycles. The lowest BCUT2D eigenvalue weighted by atomic mass is 10.3. The molecule has 2 aromatic heterocycles. The molecule has 5 N–H and O–H groups in total. The highest BCUT2D eigenvalue weighted by atomic mass is 15.3. The molecule has 17 heavy (non-hydrogen) atoms. The van der Waals surface area contributed by atoms with Crippen LogP contribution in [0.25, 0.3) is 5.65 Å². The van der Waals surface area contributed by atoms with Crippen molar-refractivity contribution in [1.82, 2.24) is 14.8 Å². The van der Waals surface area contributed by atoms with Crippen LogP contribution in [0.4, 0.5) is 0 Å². The van der Waals surface area contributed by atoms with Crippen molar-refractivity contribution in [2.45, 2.75) is 20.8 Å². The average molecular weight is 234 g/mol. The number of nitrogens with zero attached hydrogens (tertiary/aromatic N) is 3. The molecular weight excluding hydrogens is 216 g/mol. The fraction of sp³-hybridized carbons (Fsp3) is 0.273. The van der Waals surface area contributed by atoms with Crippen molar-refractivity contribution in [3.63, 3.8) is 0 Å². The second-order valence-electron chi connectivity index (χ2n) is 3.20. The molecule has 2 heterocycles. The van der Waals surface area contributed by atoms with Crippen molar-refractivity contribution in [2.24, 2.45) is 16.8 Å². The van der Waals surface area contributed by atoms with E-state index < -0.39 is 0 Å². The van der Waals surface area contributed by atoms with E-state index in [-0.39, 0.29) is 0 Å². The summed E-state index contributed by atoms with van der Waals surface area (Å²) < 4.78 is 1.88. The van der Waals surface area contributed by atoms with E-state index in [1.54, 1.807) is 6.20 Å². The summed E-state index contributed by atoms with van der Waals surface area (Å²) in [5, 5.41) is 3.55. The first kappa shape index (κ1) is 13.0. The van der Waals surface area contributed by atoms with Gasteiger partial charge in [0.1, 0.15) is 11.3 Å². The van der Waals surface area contributed by atoms with E-state index >= 15 is 0 Å². The molecule has 2 aromatic rings. The Bertz CT molecular complexity index is 514. The molecule has 0 bridgehead atoms. The Hall–Kier alpha value is -2.08. The summed E-state index contributed by atoms with van der Waals surface area (Å²) in [6, 6.07) is 3.91. The van der Waals surface area contributed by atoms with Crippen LogP contribution in [0.5, 0.6) is 0 Å². The van der Waals surface area contributed by atoms with Crippen molar-refractivity contribution >= 4 is 11.5 Å².